The molecule has 1 amide bonds. The average molecular weight is 310 g/mol. The Balaban J connectivity index is 2.05. The number of anilines is 2. The number of methoxy groups -OCH3 is 1. The fourth-order valence-electron chi connectivity index (χ4n) is 1.96. The van der Waals surface area contributed by atoms with Crippen LogP contribution in [0.5, 0.6) is 0 Å². The predicted molar refractivity (Wildman–Crippen MR) is 91.0 cm³/mol. The van der Waals surface area contributed by atoms with Crippen molar-refractivity contribution in [2.45, 2.75) is 6.92 Å². The van der Waals surface area contributed by atoms with Gasteiger partial charge in [-0.05, 0) is 48.4 Å². The molecule has 23 heavy (non-hydrogen) atoms. The van der Waals surface area contributed by atoms with Crippen LogP contribution in [-0.2, 0) is 9.53 Å². The van der Waals surface area contributed by atoms with Crippen LogP contribution in [0.3, 0.4) is 0 Å². The minimum atomic E-state index is -0.452. The fourth-order valence-corrected chi connectivity index (χ4v) is 1.96. The first-order chi connectivity index (χ1) is 11.0. The molecule has 5 heteroatoms. The van der Waals surface area contributed by atoms with E-state index in [0.717, 1.165) is 11.1 Å². The number of esters is 1. The molecule has 0 radical (unpaired) electrons. The van der Waals surface area contributed by atoms with Crippen molar-refractivity contribution in [3.63, 3.8) is 0 Å². The van der Waals surface area contributed by atoms with E-state index in [1.54, 1.807) is 36.4 Å². The van der Waals surface area contributed by atoms with E-state index in [1.807, 2.05) is 19.1 Å². The lowest BCUT2D eigenvalue weighted by Crippen LogP contribution is -2.09. The van der Waals surface area contributed by atoms with E-state index in [4.69, 9.17) is 5.73 Å². The van der Waals surface area contributed by atoms with Crippen molar-refractivity contribution >= 4 is 29.3 Å². The molecule has 0 aromatic heterocycles. The summed E-state index contributed by atoms with van der Waals surface area (Å²) in [6.07, 6.45) is 3.09. The van der Waals surface area contributed by atoms with E-state index in [9.17, 15) is 9.59 Å². The van der Waals surface area contributed by atoms with Gasteiger partial charge in [0.25, 0.3) is 0 Å². The number of rotatable bonds is 4. The van der Waals surface area contributed by atoms with Gasteiger partial charge in [0.05, 0.1) is 12.7 Å². The van der Waals surface area contributed by atoms with Crippen LogP contribution in [0, 0.1) is 6.92 Å². The summed E-state index contributed by atoms with van der Waals surface area (Å²) in [5, 5.41) is 2.69. The van der Waals surface area contributed by atoms with Crippen LogP contribution in [0.15, 0.2) is 48.5 Å². The van der Waals surface area contributed by atoms with E-state index in [1.165, 1.54) is 13.2 Å². The largest absolute Gasteiger partial charge is 0.465 e. The lowest BCUT2D eigenvalue weighted by Gasteiger charge is -2.05. The van der Waals surface area contributed by atoms with Crippen molar-refractivity contribution < 1.29 is 14.3 Å². The van der Waals surface area contributed by atoms with Crippen LogP contribution in [-0.4, -0.2) is 19.0 Å². The standard InChI is InChI=1S/C18H18N2O3/c1-12-6-7-13(10-16(12)19)8-9-17(21)20-15-5-3-4-14(11-15)18(22)23-2/h3-11H,19H2,1-2H3,(H,20,21)/b9-8+. The molecule has 0 aliphatic rings. The van der Waals surface area contributed by atoms with E-state index in [0.29, 0.717) is 16.9 Å². The first-order valence-corrected chi connectivity index (χ1v) is 7.03. The molecule has 118 valence electrons. The Bertz CT molecular complexity index is 767. The number of nitrogens with one attached hydrogen (secondary N) is 1. The third-order valence-electron chi connectivity index (χ3n) is 3.28. The second-order valence-electron chi connectivity index (χ2n) is 5.01. The molecule has 0 saturated heterocycles. The Morgan fingerprint density at radius 3 is 2.65 bits per heavy atom. The topological polar surface area (TPSA) is 81.4 Å². The third-order valence-corrected chi connectivity index (χ3v) is 3.28. The van der Waals surface area contributed by atoms with Crippen molar-refractivity contribution in [3.05, 3.63) is 65.2 Å². The molecule has 0 aliphatic carbocycles. The molecule has 0 bridgehead atoms. The zero-order chi connectivity index (χ0) is 16.8. The fraction of sp³-hybridized carbons (Fsp3) is 0.111. The summed E-state index contributed by atoms with van der Waals surface area (Å²) in [6.45, 7) is 1.92. The maximum atomic E-state index is 11.9. The number of nitrogen functional groups attached to an aromatic ring is 1. The quantitative estimate of drug-likeness (QED) is 0.517. The second kappa shape index (κ2) is 7.26. The van der Waals surface area contributed by atoms with Gasteiger partial charge in [0, 0.05) is 17.5 Å². The van der Waals surface area contributed by atoms with Gasteiger partial charge < -0.3 is 15.8 Å². The molecule has 2 aromatic carbocycles. The zero-order valence-electron chi connectivity index (χ0n) is 13.0. The average Bonchev–Trinajstić information content (AvgIpc) is 2.55. The van der Waals surface area contributed by atoms with E-state index < -0.39 is 5.97 Å². The number of hydrogen-bond donors (Lipinski definition) is 2. The van der Waals surface area contributed by atoms with Crippen molar-refractivity contribution in [1.82, 2.24) is 0 Å². The highest BCUT2D eigenvalue weighted by molar-refractivity contribution is 6.02. The molecule has 0 atom stereocenters. The van der Waals surface area contributed by atoms with Gasteiger partial charge in [0.1, 0.15) is 0 Å². The van der Waals surface area contributed by atoms with Gasteiger partial charge in [0.2, 0.25) is 5.91 Å². The summed E-state index contributed by atoms with van der Waals surface area (Å²) in [5.74, 6) is -0.752. The highest BCUT2D eigenvalue weighted by Gasteiger charge is 2.06. The van der Waals surface area contributed by atoms with Crippen LogP contribution in [0.4, 0.5) is 11.4 Å². The summed E-state index contributed by atoms with van der Waals surface area (Å²) in [7, 11) is 1.31. The molecule has 0 spiro atoms. The maximum absolute atomic E-state index is 11.9. The van der Waals surface area contributed by atoms with Crippen molar-refractivity contribution in [2.24, 2.45) is 0 Å². The molecule has 0 saturated carbocycles. The first-order valence-electron chi connectivity index (χ1n) is 7.03. The van der Waals surface area contributed by atoms with Crippen LogP contribution in [0.1, 0.15) is 21.5 Å². The molecule has 0 unspecified atom stereocenters. The highest BCUT2D eigenvalue weighted by Crippen LogP contribution is 2.15. The highest BCUT2D eigenvalue weighted by atomic mass is 16.5. The lowest BCUT2D eigenvalue weighted by molar-refractivity contribution is -0.111. The Kier molecular flexibility index (Phi) is 5.15. The van der Waals surface area contributed by atoms with Crippen LogP contribution in [0.25, 0.3) is 6.08 Å². The first kappa shape index (κ1) is 16.3. The van der Waals surface area contributed by atoms with Gasteiger partial charge in [-0.2, -0.15) is 0 Å². The van der Waals surface area contributed by atoms with Gasteiger partial charge in [-0.25, -0.2) is 4.79 Å². The van der Waals surface area contributed by atoms with Crippen molar-refractivity contribution in [2.75, 3.05) is 18.2 Å². The van der Waals surface area contributed by atoms with Gasteiger partial charge in [-0.1, -0.05) is 18.2 Å². The number of hydrogen-bond acceptors (Lipinski definition) is 4. The Morgan fingerprint density at radius 2 is 1.96 bits per heavy atom. The van der Waals surface area contributed by atoms with E-state index in [-0.39, 0.29) is 5.91 Å². The minimum absolute atomic E-state index is 0.300. The maximum Gasteiger partial charge on any atom is 0.337 e. The molecular formula is C18H18N2O3. The van der Waals surface area contributed by atoms with Crippen LogP contribution < -0.4 is 11.1 Å². The van der Waals surface area contributed by atoms with Gasteiger partial charge >= 0.3 is 5.97 Å². The molecule has 5 nitrogen and oxygen atoms in total. The molecular weight excluding hydrogens is 292 g/mol. The van der Waals surface area contributed by atoms with Gasteiger partial charge in [-0.3, -0.25) is 4.79 Å². The number of ether oxygens (including phenoxy) is 1. The van der Waals surface area contributed by atoms with E-state index >= 15 is 0 Å². The Hall–Kier alpha value is -3.08. The van der Waals surface area contributed by atoms with Crippen molar-refractivity contribution in [3.8, 4) is 0 Å². The van der Waals surface area contributed by atoms with Gasteiger partial charge in [0.15, 0.2) is 0 Å². The number of nitrogens with two attached hydrogens (primary N) is 1. The molecule has 0 fully saturated rings. The van der Waals surface area contributed by atoms with E-state index in [2.05, 4.69) is 10.1 Å². The second-order valence-corrected chi connectivity index (χ2v) is 5.01. The summed E-state index contributed by atoms with van der Waals surface area (Å²) in [4.78, 5) is 23.4. The monoisotopic (exact) mass is 310 g/mol. The molecule has 3 N–H and O–H groups in total. The molecule has 2 aromatic rings. The number of amides is 1. The Morgan fingerprint density at radius 1 is 1.17 bits per heavy atom. The van der Waals surface area contributed by atoms with Gasteiger partial charge in [-0.15, -0.1) is 0 Å². The SMILES string of the molecule is COC(=O)c1cccc(NC(=O)/C=C/c2ccc(C)c(N)c2)c1. The number of carbonyl (C=O) groups is 2. The lowest BCUT2D eigenvalue weighted by atomic mass is 10.1. The summed E-state index contributed by atoms with van der Waals surface area (Å²) < 4.78 is 4.64. The minimum Gasteiger partial charge on any atom is -0.465 e. The number of carbonyl (C=O) groups excluding carboxylic acids is 2. The predicted octanol–water partition coefficient (Wildman–Crippen LogP) is 3.02. The number of aryl methyl sites for hydroxylation is 1. The third kappa shape index (κ3) is 4.44. The van der Waals surface area contributed by atoms with Crippen LogP contribution in [0.2, 0.25) is 0 Å². The number of benzene rings is 2. The smallest absolute Gasteiger partial charge is 0.337 e. The van der Waals surface area contributed by atoms with Crippen molar-refractivity contribution in [1.29, 1.82) is 0 Å². The zero-order valence-corrected chi connectivity index (χ0v) is 13.0. The van der Waals surface area contributed by atoms with Crippen LogP contribution >= 0.6 is 0 Å². The summed E-state index contributed by atoms with van der Waals surface area (Å²) in [5.41, 5.74) is 9.24. The normalized spacial score (nSPS) is 10.5. The Labute approximate surface area is 134 Å². The molecule has 2 rings (SSSR count). The molecule has 0 heterocycles. The molecule has 0 aliphatic heterocycles. The summed E-state index contributed by atoms with van der Waals surface area (Å²) >= 11 is 0. The summed E-state index contributed by atoms with van der Waals surface area (Å²) in [6, 6.07) is 12.1.